The smallest absolute Gasteiger partial charge is 0.124 e. The number of hydrogen-bond donors (Lipinski definition) is 1. The highest BCUT2D eigenvalue weighted by Gasteiger charge is 1.95. The van der Waals surface area contributed by atoms with Crippen molar-refractivity contribution in [1.29, 1.82) is 0 Å². The molecule has 0 heterocycles. The summed E-state index contributed by atoms with van der Waals surface area (Å²) in [6.07, 6.45) is 5.41. The number of benzene rings is 1. The van der Waals surface area contributed by atoms with Crippen LogP contribution in [0.2, 0.25) is 0 Å². The highest BCUT2D eigenvalue weighted by Crippen LogP contribution is 2.04. The van der Waals surface area contributed by atoms with Crippen LogP contribution in [0.4, 0.5) is 0 Å². The predicted molar refractivity (Wildman–Crippen MR) is 66.3 cm³/mol. The molecule has 1 aromatic rings. The van der Waals surface area contributed by atoms with Gasteiger partial charge in [-0.2, -0.15) is 0 Å². The second kappa shape index (κ2) is 9.15. The molecule has 0 radical (unpaired) electrons. The Balaban J connectivity index is 0.000000325. The minimum absolute atomic E-state index is 0.185. The summed E-state index contributed by atoms with van der Waals surface area (Å²) in [6.45, 7) is 3.34. The monoisotopic (exact) mass is 259 g/mol. The summed E-state index contributed by atoms with van der Waals surface area (Å²) >= 11 is 0. The summed E-state index contributed by atoms with van der Waals surface area (Å²) in [5.74, 6) is 0. The van der Waals surface area contributed by atoms with E-state index >= 15 is 0 Å². The zero-order chi connectivity index (χ0) is 13.1. The van der Waals surface area contributed by atoms with E-state index < -0.39 is 10.1 Å². The summed E-state index contributed by atoms with van der Waals surface area (Å²) in [7, 11) is -4.25. The van der Waals surface area contributed by atoms with E-state index in [1.165, 1.54) is 49.9 Å². The number of hydrogen-bond acceptors (Lipinski definition) is 3. The third-order valence-electron chi connectivity index (χ3n) is 2.14. The van der Waals surface area contributed by atoms with Gasteiger partial charge in [-0.15, -0.1) is 0 Å². The average molecular weight is 259 g/mol. The Hall–Kier alpha value is -0.910. The second-order valence-electron chi connectivity index (χ2n) is 3.68. The largest absolute Gasteiger partial charge is 0.744 e. The van der Waals surface area contributed by atoms with Gasteiger partial charge in [-0.25, -0.2) is 8.42 Å². The van der Waals surface area contributed by atoms with Crippen molar-refractivity contribution in [2.24, 2.45) is 0 Å². The third kappa shape index (κ3) is 8.85. The Morgan fingerprint density at radius 1 is 1.12 bits per heavy atom. The van der Waals surface area contributed by atoms with Crippen LogP contribution in [0.5, 0.6) is 0 Å². The molecule has 0 bridgehead atoms. The minimum Gasteiger partial charge on any atom is -0.744 e. The molecule has 4 nitrogen and oxygen atoms in total. The van der Waals surface area contributed by atoms with E-state index in [-0.39, 0.29) is 4.90 Å². The molecule has 3 N–H and O–H groups in total. The normalized spacial score (nSPS) is 10.5. The maximum absolute atomic E-state index is 10.3. The second-order valence-corrected chi connectivity index (χ2v) is 5.06. The van der Waals surface area contributed by atoms with Gasteiger partial charge >= 0.3 is 0 Å². The topological polar surface area (TPSA) is 84.8 Å². The molecule has 0 spiro atoms. The van der Waals surface area contributed by atoms with Crippen molar-refractivity contribution in [3.8, 4) is 0 Å². The molecule has 5 heteroatoms. The van der Waals surface area contributed by atoms with Crippen LogP contribution in [-0.2, 0) is 10.1 Å². The predicted octanol–water partition coefficient (Wildman–Crippen LogP) is 1.40. The lowest BCUT2D eigenvalue weighted by Crippen LogP contribution is -2.50. The molecule has 0 atom stereocenters. The van der Waals surface area contributed by atoms with Crippen LogP contribution < -0.4 is 5.73 Å². The summed E-state index contributed by atoms with van der Waals surface area (Å²) in [5.41, 5.74) is 3.76. The van der Waals surface area contributed by atoms with Gasteiger partial charge in [-0.1, -0.05) is 38.0 Å². The maximum Gasteiger partial charge on any atom is 0.124 e. The minimum atomic E-state index is -4.25. The van der Waals surface area contributed by atoms with Crippen molar-refractivity contribution in [2.45, 2.75) is 37.5 Å². The van der Waals surface area contributed by atoms with Gasteiger partial charge in [0.05, 0.1) is 11.4 Å². The Bertz CT molecular complexity index is 372. The van der Waals surface area contributed by atoms with Crippen LogP contribution in [0.25, 0.3) is 0 Å². The first-order valence-electron chi connectivity index (χ1n) is 5.82. The fraction of sp³-hybridized carbons (Fsp3) is 0.500. The Kier molecular flexibility index (Phi) is 8.66. The zero-order valence-electron chi connectivity index (χ0n) is 10.3. The van der Waals surface area contributed by atoms with E-state index in [0.29, 0.717) is 0 Å². The van der Waals surface area contributed by atoms with Gasteiger partial charge in [0.1, 0.15) is 10.1 Å². The average Bonchev–Trinajstić information content (AvgIpc) is 2.31. The lowest BCUT2D eigenvalue weighted by Gasteiger charge is -2.04. The molecule has 1 rings (SSSR count). The van der Waals surface area contributed by atoms with Gasteiger partial charge in [0.2, 0.25) is 0 Å². The van der Waals surface area contributed by atoms with E-state index in [1.54, 1.807) is 6.07 Å². The van der Waals surface area contributed by atoms with Gasteiger partial charge in [0, 0.05) is 0 Å². The number of rotatable bonds is 5. The van der Waals surface area contributed by atoms with E-state index in [4.69, 9.17) is 0 Å². The van der Waals surface area contributed by atoms with Crippen molar-refractivity contribution >= 4 is 10.1 Å². The molecule has 0 fully saturated rings. The van der Waals surface area contributed by atoms with Crippen LogP contribution in [0.3, 0.4) is 0 Å². The fourth-order valence-corrected chi connectivity index (χ4v) is 1.68. The molecule has 98 valence electrons. The number of quaternary nitrogens is 1. The van der Waals surface area contributed by atoms with Gasteiger partial charge in [0.25, 0.3) is 0 Å². The van der Waals surface area contributed by atoms with Crippen LogP contribution in [-0.4, -0.2) is 19.5 Å². The highest BCUT2D eigenvalue weighted by molar-refractivity contribution is 7.85. The molecule has 0 aliphatic carbocycles. The van der Waals surface area contributed by atoms with E-state index in [0.717, 1.165) is 6.54 Å². The lowest BCUT2D eigenvalue weighted by molar-refractivity contribution is -0.368. The maximum atomic E-state index is 10.3. The van der Waals surface area contributed by atoms with Crippen molar-refractivity contribution in [1.82, 2.24) is 0 Å². The quantitative estimate of drug-likeness (QED) is 0.640. The Labute approximate surface area is 104 Å². The first-order chi connectivity index (χ1) is 8.02. The molecule has 0 amide bonds. The van der Waals surface area contributed by atoms with Gasteiger partial charge in [0.15, 0.2) is 0 Å². The standard InChI is InChI=1S/C6H15N.C6H6O3S/c1-2-3-4-5-6-7;7-10(8,9)6-4-2-1-3-5-6/h2-7H2,1H3;1-5H,(H,7,8,9). The molecule has 0 saturated carbocycles. The summed E-state index contributed by atoms with van der Waals surface area (Å²) in [6, 6.07) is 7.19. The third-order valence-corrected chi connectivity index (χ3v) is 2.98. The molecule has 0 aliphatic rings. The van der Waals surface area contributed by atoms with Gasteiger partial charge < -0.3 is 10.3 Å². The first kappa shape index (κ1) is 16.1. The highest BCUT2D eigenvalue weighted by atomic mass is 32.2. The van der Waals surface area contributed by atoms with E-state index in [1.807, 2.05) is 0 Å². The summed E-state index contributed by atoms with van der Waals surface area (Å²) in [5, 5.41) is 0. The molecular formula is C12H21NO3S. The van der Waals surface area contributed by atoms with Crippen molar-refractivity contribution in [3.63, 3.8) is 0 Å². The summed E-state index contributed by atoms with van der Waals surface area (Å²) < 4.78 is 30.8. The molecular weight excluding hydrogens is 238 g/mol. The van der Waals surface area contributed by atoms with Crippen LogP contribution >= 0.6 is 0 Å². The molecule has 1 aromatic carbocycles. The summed E-state index contributed by atoms with van der Waals surface area (Å²) in [4.78, 5) is -0.185. The molecule has 0 aliphatic heterocycles. The van der Waals surface area contributed by atoms with E-state index in [9.17, 15) is 13.0 Å². The SMILES string of the molecule is CCCCCC[NH3+].O=S(=O)([O-])c1ccccc1. The van der Waals surface area contributed by atoms with Crippen LogP contribution in [0.1, 0.15) is 32.6 Å². The van der Waals surface area contributed by atoms with Crippen molar-refractivity contribution in [3.05, 3.63) is 30.3 Å². The molecule has 17 heavy (non-hydrogen) atoms. The van der Waals surface area contributed by atoms with Gasteiger partial charge in [-0.05, 0) is 25.0 Å². The number of unbranched alkanes of at least 4 members (excludes halogenated alkanes) is 3. The van der Waals surface area contributed by atoms with Crippen molar-refractivity contribution < 1.29 is 18.7 Å². The fourth-order valence-electron chi connectivity index (χ4n) is 1.19. The molecule has 0 saturated heterocycles. The van der Waals surface area contributed by atoms with Crippen LogP contribution in [0, 0.1) is 0 Å². The first-order valence-corrected chi connectivity index (χ1v) is 7.23. The lowest BCUT2D eigenvalue weighted by atomic mass is 10.2. The van der Waals surface area contributed by atoms with Crippen molar-refractivity contribution in [2.75, 3.05) is 6.54 Å². The molecule has 0 aromatic heterocycles. The van der Waals surface area contributed by atoms with Gasteiger partial charge in [-0.3, -0.25) is 0 Å². The Morgan fingerprint density at radius 2 is 1.71 bits per heavy atom. The Morgan fingerprint density at radius 3 is 2.06 bits per heavy atom. The molecule has 0 unspecified atom stereocenters. The van der Waals surface area contributed by atoms with E-state index in [2.05, 4.69) is 12.7 Å². The van der Waals surface area contributed by atoms with Crippen LogP contribution in [0.15, 0.2) is 35.2 Å². The zero-order valence-corrected chi connectivity index (χ0v) is 11.1.